The molecule has 1 atom stereocenters. The zero-order valence-corrected chi connectivity index (χ0v) is 14.2. The molecule has 0 spiro atoms. The van der Waals surface area contributed by atoms with Crippen LogP contribution in [0, 0.1) is 28.6 Å². The van der Waals surface area contributed by atoms with Gasteiger partial charge in [-0.1, -0.05) is 30.3 Å². The summed E-state index contributed by atoms with van der Waals surface area (Å²) >= 11 is 0. The lowest BCUT2D eigenvalue weighted by Crippen LogP contribution is -2.50. The molecule has 1 aromatic carbocycles. The van der Waals surface area contributed by atoms with Crippen LogP contribution < -0.4 is 0 Å². The molecule has 1 aliphatic rings. The van der Waals surface area contributed by atoms with Crippen LogP contribution in [0.2, 0.25) is 0 Å². The van der Waals surface area contributed by atoms with Crippen LogP contribution in [0.1, 0.15) is 25.3 Å². The number of amides is 1. The summed E-state index contributed by atoms with van der Waals surface area (Å²) in [6, 6.07) is 14.2. The van der Waals surface area contributed by atoms with E-state index in [2.05, 4.69) is 29.2 Å². The lowest BCUT2D eigenvalue weighted by Gasteiger charge is -2.36. The molecule has 126 valence electrons. The van der Waals surface area contributed by atoms with Crippen molar-refractivity contribution >= 4 is 5.91 Å². The Bertz CT molecular complexity index is 592. The van der Waals surface area contributed by atoms with Gasteiger partial charge >= 0.3 is 0 Å². The number of piperidine rings is 1. The smallest absolute Gasteiger partial charge is 0.241 e. The summed E-state index contributed by atoms with van der Waals surface area (Å²) in [5.74, 6) is 0.528. The third kappa shape index (κ3) is 4.81. The van der Waals surface area contributed by atoms with Crippen molar-refractivity contribution in [3.63, 3.8) is 0 Å². The van der Waals surface area contributed by atoms with Gasteiger partial charge in [0.05, 0.1) is 18.2 Å². The second-order valence-electron chi connectivity index (χ2n) is 6.36. The van der Waals surface area contributed by atoms with Gasteiger partial charge in [0, 0.05) is 0 Å². The number of hydrogen-bond donors (Lipinski definition) is 0. The Balaban J connectivity index is 1.85. The topological polar surface area (TPSA) is 71.1 Å². The van der Waals surface area contributed by atoms with Crippen molar-refractivity contribution in [3.05, 3.63) is 35.9 Å². The number of carbonyl (C=O) groups excluding carboxylic acids is 1. The number of hydrogen-bond acceptors (Lipinski definition) is 4. The van der Waals surface area contributed by atoms with E-state index < -0.39 is 0 Å². The Morgan fingerprint density at radius 3 is 2.33 bits per heavy atom. The van der Waals surface area contributed by atoms with Gasteiger partial charge in [0.25, 0.3) is 0 Å². The van der Waals surface area contributed by atoms with Crippen LogP contribution in [-0.2, 0) is 11.2 Å². The molecule has 1 saturated heterocycles. The van der Waals surface area contributed by atoms with E-state index in [0.717, 1.165) is 32.4 Å². The van der Waals surface area contributed by atoms with E-state index in [1.165, 1.54) is 10.5 Å². The van der Waals surface area contributed by atoms with Gasteiger partial charge in [-0.05, 0) is 50.8 Å². The molecule has 1 heterocycles. The number of benzene rings is 1. The standard InChI is InChI=1S/C19H24N4O/c1-16(19(24)23(13-9-20)14-10-21)22-11-7-18(8-12-22)15-17-5-3-2-4-6-17/h2-6,16,18H,7-8,11-15H2,1H3/t16-/m0/s1. The van der Waals surface area contributed by atoms with Gasteiger partial charge in [0.15, 0.2) is 0 Å². The summed E-state index contributed by atoms with van der Waals surface area (Å²) in [6.07, 6.45) is 3.23. The molecule has 5 nitrogen and oxygen atoms in total. The van der Waals surface area contributed by atoms with E-state index in [1.807, 2.05) is 25.1 Å². The SMILES string of the molecule is C[C@@H](C(=O)N(CC#N)CC#N)N1CCC(Cc2ccccc2)CC1. The van der Waals surface area contributed by atoms with Gasteiger partial charge in [-0.3, -0.25) is 9.69 Å². The first kappa shape index (κ1) is 18.0. The summed E-state index contributed by atoms with van der Waals surface area (Å²) in [5, 5.41) is 17.6. The Labute approximate surface area is 144 Å². The molecule has 24 heavy (non-hydrogen) atoms. The lowest BCUT2D eigenvalue weighted by molar-refractivity contribution is -0.135. The monoisotopic (exact) mass is 324 g/mol. The van der Waals surface area contributed by atoms with Crippen molar-refractivity contribution < 1.29 is 4.79 Å². The van der Waals surface area contributed by atoms with Crippen LogP contribution in [0.4, 0.5) is 0 Å². The highest BCUT2D eigenvalue weighted by atomic mass is 16.2. The molecule has 0 radical (unpaired) electrons. The second-order valence-corrected chi connectivity index (χ2v) is 6.36. The molecule has 1 amide bonds. The average molecular weight is 324 g/mol. The number of likely N-dealkylation sites (tertiary alicyclic amines) is 1. The van der Waals surface area contributed by atoms with E-state index in [0.29, 0.717) is 5.92 Å². The van der Waals surface area contributed by atoms with Gasteiger partial charge in [0.1, 0.15) is 13.1 Å². The maximum Gasteiger partial charge on any atom is 0.241 e. The molecule has 2 rings (SSSR count). The Kier molecular flexibility index (Phi) is 6.78. The maximum absolute atomic E-state index is 12.5. The molecular weight excluding hydrogens is 300 g/mol. The predicted molar refractivity (Wildman–Crippen MR) is 91.7 cm³/mol. The first-order chi connectivity index (χ1) is 11.7. The average Bonchev–Trinajstić information content (AvgIpc) is 2.62. The Hall–Kier alpha value is -2.37. The summed E-state index contributed by atoms with van der Waals surface area (Å²) in [7, 11) is 0. The molecular formula is C19H24N4O. The molecule has 0 N–H and O–H groups in total. The van der Waals surface area contributed by atoms with E-state index in [4.69, 9.17) is 10.5 Å². The number of nitriles is 2. The van der Waals surface area contributed by atoms with Gasteiger partial charge in [0.2, 0.25) is 5.91 Å². The third-order valence-corrected chi connectivity index (χ3v) is 4.76. The van der Waals surface area contributed by atoms with Gasteiger partial charge in [-0.2, -0.15) is 10.5 Å². The molecule has 0 aromatic heterocycles. The maximum atomic E-state index is 12.5. The Morgan fingerprint density at radius 1 is 1.21 bits per heavy atom. The van der Waals surface area contributed by atoms with Crippen LogP contribution in [0.25, 0.3) is 0 Å². The van der Waals surface area contributed by atoms with Crippen molar-refractivity contribution in [1.29, 1.82) is 10.5 Å². The van der Waals surface area contributed by atoms with Crippen LogP contribution >= 0.6 is 0 Å². The van der Waals surface area contributed by atoms with Crippen LogP contribution in [0.15, 0.2) is 30.3 Å². The molecule has 1 aliphatic heterocycles. The minimum Gasteiger partial charge on any atom is -0.315 e. The second kappa shape index (κ2) is 9.05. The lowest BCUT2D eigenvalue weighted by atomic mass is 9.89. The van der Waals surface area contributed by atoms with Crippen molar-refractivity contribution in [2.45, 2.75) is 32.2 Å². The minimum absolute atomic E-state index is 0.0266. The van der Waals surface area contributed by atoms with Crippen molar-refractivity contribution in [1.82, 2.24) is 9.80 Å². The van der Waals surface area contributed by atoms with Gasteiger partial charge in [-0.15, -0.1) is 0 Å². The molecule has 0 bridgehead atoms. The van der Waals surface area contributed by atoms with Gasteiger partial charge in [-0.25, -0.2) is 0 Å². The van der Waals surface area contributed by atoms with E-state index in [9.17, 15) is 4.79 Å². The number of nitrogens with zero attached hydrogens (tertiary/aromatic N) is 4. The fourth-order valence-corrected chi connectivity index (χ4v) is 3.29. The highest BCUT2D eigenvalue weighted by Gasteiger charge is 2.29. The summed E-state index contributed by atoms with van der Waals surface area (Å²) in [6.45, 7) is 3.60. The van der Waals surface area contributed by atoms with Crippen LogP contribution in [0.3, 0.4) is 0 Å². The summed E-state index contributed by atoms with van der Waals surface area (Å²) in [5.41, 5.74) is 1.37. The fourth-order valence-electron chi connectivity index (χ4n) is 3.29. The van der Waals surface area contributed by atoms with Gasteiger partial charge < -0.3 is 4.90 Å². The number of rotatable bonds is 6. The summed E-state index contributed by atoms with van der Waals surface area (Å²) in [4.78, 5) is 16.0. The number of carbonyl (C=O) groups is 1. The van der Waals surface area contributed by atoms with Crippen LogP contribution in [-0.4, -0.2) is 47.9 Å². The molecule has 0 saturated carbocycles. The zero-order chi connectivity index (χ0) is 17.4. The highest BCUT2D eigenvalue weighted by molar-refractivity contribution is 5.82. The predicted octanol–water partition coefficient (Wildman–Crippen LogP) is 2.21. The van der Waals surface area contributed by atoms with Crippen molar-refractivity contribution in [3.8, 4) is 12.1 Å². The van der Waals surface area contributed by atoms with E-state index in [-0.39, 0.29) is 25.0 Å². The molecule has 0 aliphatic carbocycles. The molecule has 5 heteroatoms. The third-order valence-electron chi connectivity index (χ3n) is 4.76. The zero-order valence-electron chi connectivity index (χ0n) is 14.2. The molecule has 0 unspecified atom stereocenters. The molecule has 1 aromatic rings. The minimum atomic E-state index is -0.274. The van der Waals surface area contributed by atoms with E-state index in [1.54, 1.807) is 0 Å². The largest absolute Gasteiger partial charge is 0.315 e. The Morgan fingerprint density at radius 2 is 1.79 bits per heavy atom. The van der Waals surface area contributed by atoms with Crippen LogP contribution in [0.5, 0.6) is 0 Å². The first-order valence-corrected chi connectivity index (χ1v) is 8.46. The van der Waals surface area contributed by atoms with Crippen molar-refractivity contribution in [2.75, 3.05) is 26.2 Å². The quantitative estimate of drug-likeness (QED) is 0.752. The fraction of sp³-hybridized carbons (Fsp3) is 0.526. The highest BCUT2D eigenvalue weighted by Crippen LogP contribution is 2.23. The molecule has 1 fully saturated rings. The van der Waals surface area contributed by atoms with E-state index >= 15 is 0 Å². The summed E-state index contributed by atoms with van der Waals surface area (Å²) < 4.78 is 0. The van der Waals surface area contributed by atoms with Crippen molar-refractivity contribution in [2.24, 2.45) is 5.92 Å². The normalized spacial score (nSPS) is 16.8. The first-order valence-electron chi connectivity index (χ1n) is 8.46.